The lowest BCUT2D eigenvalue weighted by molar-refractivity contribution is -0.885. The number of benzene rings is 1. The average Bonchev–Trinajstić information content (AvgIpc) is 2.64. The zero-order chi connectivity index (χ0) is 20.0. The van der Waals surface area contributed by atoms with Crippen LogP contribution in [0.4, 0.5) is 5.69 Å². The molecule has 6 nitrogen and oxygen atoms in total. The van der Waals surface area contributed by atoms with Crippen molar-refractivity contribution in [2.45, 2.75) is 52.1 Å². The van der Waals surface area contributed by atoms with E-state index in [1.165, 1.54) is 6.42 Å². The monoisotopic (exact) mass is 376 g/mol. The Kier molecular flexibility index (Phi) is 7.66. The molecule has 2 rings (SSSR count). The highest BCUT2D eigenvalue weighted by Crippen LogP contribution is 2.29. The summed E-state index contributed by atoms with van der Waals surface area (Å²) in [6.07, 6.45) is 3.44. The van der Waals surface area contributed by atoms with E-state index in [2.05, 4.69) is 24.5 Å². The molecular formula is C21H34N3O3+. The molecule has 0 aromatic heterocycles. The molecule has 1 aliphatic rings. The van der Waals surface area contributed by atoms with Gasteiger partial charge in [-0.3, -0.25) is 9.59 Å². The molecule has 1 fully saturated rings. The first-order chi connectivity index (χ1) is 12.8. The lowest BCUT2D eigenvalue weighted by Gasteiger charge is -2.35. The van der Waals surface area contributed by atoms with E-state index in [0.29, 0.717) is 23.3 Å². The highest BCUT2D eigenvalue weighted by atomic mass is 16.5. The van der Waals surface area contributed by atoms with Gasteiger partial charge < -0.3 is 20.3 Å². The molecule has 0 aliphatic heterocycles. The van der Waals surface area contributed by atoms with E-state index in [9.17, 15) is 9.59 Å². The number of carbonyl (C=O) groups excluding carboxylic acids is 2. The highest BCUT2D eigenvalue weighted by molar-refractivity contribution is 5.91. The van der Waals surface area contributed by atoms with Gasteiger partial charge in [-0.15, -0.1) is 0 Å². The molecule has 1 aliphatic carbocycles. The third kappa shape index (κ3) is 5.96. The largest absolute Gasteiger partial charge is 0.497 e. The number of anilines is 1. The maximum Gasteiger partial charge on any atom is 0.279 e. The molecule has 3 N–H and O–H groups in total. The number of hydrogen-bond acceptors (Lipinski definition) is 3. The van der Waals surface area contributed by atoms with Crippen LogP contribution in [0.15, 0.2) is 24.3 Å². The Balaban J connectivity index is 1.85. The molecule has 1 unspecified atom stereocenters. The van der Waals surface area contributed by atoms with Gasteiger partial charge in [-0.05, 0) is 37.3 Å². The van der Waals surface area contributed by atoms with Gasteiger partial charge in [-0.2, -0.15) is 0 Å². The number of methoxy groups -OCH3 is 1. The van der Waals surface area contributed by atoms with Gasteiger partial charge in [0.2, 0.25) is 0 Å². The third-order valence-electron chi connectivity index (χ3n) is 5.96. The van der Waals surface area contributed by atoms with E-state index in [1.54, 1.807) is 13.2 Å². The predicted octanol–water partition coefficient (Wildman–Crippen LogP) is 1.48. The van der Waals surface area contributed by atoms with Gasteiger partial charge in [0.1, 0.15) is 5.75 Å². The number of rotatable bonds is 7. The molecule has 1 aromatic rings. The van der Waals surface area contributed by atoms with Crippen molar-refractivity contribution in [3.63, 3.8) is 0 Å². The van der Waals surface area contributed by atoms with Gasteiger partial charge in [0.05, 0.1) is 14.2 Å². The topological polar surface area (TPSA) is 71.9 Å². The molecular weight excluding hydrogens is 342 g/mol. The molecule has 150 valence electrons. The number of hydrogen-bond donors (Lipinski definition) is 3. The maximum atomic E-state index is 12.6. The molecule has 0 spiro atoms. The number of nitrogens with one attached hydrogen (secondary N) is 3. The molecule has 0 radical (unpaired) electrons. The first-order valence-electron chi connectivity index (χ1n) is 9.88. The van der Waals surface area contributed by atoms with Gasteiger partial charge in [0, 0.05) is 17.8 Å². The summed E-state index contributed by atoms with van der Waals surface area (Å²) in [7, 11) is 3.47. The Bertz CT molecular complexity index is 649. The van der Waals surface area contributed by atoms with Crippen LogP contribution in [0.25, 0.3) is 0 Å². The van der Waals surface area contributed by atoms with Crippen molar-refractivity contribution in [1.82, 2.24) is 5.32 Å². The van der Waals surface area contributed by atoms with E-state index in [0.717, 1.165) is 17.7 Å². The minimum Gasteiger partial charge on any atom is -0.497 e. The summed E-state index contributed by atoms with van der Waals surface area (Å²) in [6.45, 7) is 6.58. The summed E-state index contributed by atoms with van der Waals surface area (Å²) in [5.74, 6) is 1.72. The fraction of sp³-hybridized carbons (Fsp3) is 0.619. The molecule has 6 heteroatoms. The van der Waals surface area contributed by atoms with Crippen molar-refractivity contribution in [3.8, 4) is 5.75 Å². The minimum absolute atomic E-state index is 0.0210. The first-order valence-corrected chi connectivity index (χ1v) is 9.88. The maximum absolute atomic E-state index is 12.6. The van der Waals surface area contributed by atoms with E-state index < -0.39 is 0 Å². The molecule has 0 heterocycles. The van der Waals surface area contributed by atoms with Gasteiger partial charge in [-0.1, -0.05) is 32.8 Å². The Morgan fingerprint density at radius 3 is 2.74 bits per heavy atom. The third-order valence-corrected chi connectivity index (χ3v) is 5.96. The smallest absolute Gasteiger partial charge is 0.279 e. The zero-order valence-corrected chi connectivity index (χ0v) is 17.2. The number of ether oxygens (including phenoxy) is 1. The molecule has 5 atom stereocenters. The number of likely N-dealkylation sites (N-methyl/N-ethyl adjacent to an activating group) is 1. The highest BCUT2D eigenvalue weighted by Gasteiger charge is 2.31. The number of quaternary nitrogens is 1. The Morgan fingerprint density at radius 2 is 2.04 bits per heavy atom. The molecule has 0 bridgehead atoms. The van der Waals surface area contributed by atoms with Crippen LogP contribution in [0.1, 0.15) is 40.0 Å². The van der Waals surface area contributed by atoms with Gasteiger partial charge >= 0.3 is 0 Å². The van der Waals surface area contributed by atoms with Crippen molar-refractivity contribution >= 4 is 17.5 Å². The normalized spacial score (nSPS) is 24.6. The van der Waals surface area contributed by atoms with Crippen molar-refractivity contribution in [3.05, 3.63) is 24.3 Å². The van der Waals surface area contributed by atoms with Crippen LogP contribution in [0, 0.1) is 11.8 Å². The first kappa shape index (κ1) is 21.2. The fourth-order valence-electron chi connectivity index (χ4n) is 3.63. The van der Waals surface area contributed by atoms with Crippen LogP contribution in [0.5, 0.6) is 5.75 Å². The standard InChI is InChI=1S/C21H33N3O3/c1-14-8-6-11-19(15(14)2)23-21(26)16(3)24(4)13-20(25)22-17-9-7-10-18(12-17)27-5/h7,9-10,12,14-16,19H,6,8,11,13H2,1-5H3,(H,22,25)(H,23,26)/p+1/t14-,15-,16-,19+/m1/s1. The second-order valence-corrected chi connectivity index (χ2v) is 7.91. The van der Waals surface area contributed by atoms with Crippen molar-refractivity contribution in [2.75, 3.05) is 26.0 Å². The Labute approximate surface area is 162 Å². The molecule has 2 amide bonds. The van der Waals surface area contributed by atoms with Gasteiger partial charge in [-0.25, -0.2) is 0 Å². The molecule has 27 heavy (non-hydrogen) atoms. The summed E-state index contributed by atoms with van der Waals surface area (Å²) in [5.41, 5.74) is 0.689. The van der Waals surface area contributed by atoms with Crippen molar-refractivity contribution < 1.29 is 19.2 Å². The van der Waals surface area contributed by atoms with E-state index in [-0.39, 0.29) is 30.4 Å². The summed E-state index contributed by atoms with van der Waals surface area (Å²) < 4.78 is 5.17. The SMILES string of the molecule is COc1cccc(NC(=O)C[NH+](C)[C@H](C)C(=O)N[C@H]2CCC[C@@H](C)[C@H]2C)c1. The lowest BCUT2D eigenvalue weighted by atomic mass is 9.78. The van der Waals surface area contributed by atoms with E-state index in [1.807, 2.05) is 32.2 Å². The van der Waals surface area contributed by atoms with Crippen LogP contribution in [-0.2, 0) is 9.59 Å². The number of amides is 2. The van der Waals surface area contributed by atoms with Crippen molar-refractivity contribution in [1.29, 1.82) is 0 Å². The average molecular weight is 377 g/mol. The van der Waals surface area contributed by atoms with Crippen LogP contribution in [-0.4, -0.2) is 44.6 Å². The molecule has 1 aromatic carbocycles. The fourth-order valence-corrected chi connectivity index (χ4v) is 3.63. The lowest BCUT2D eigenvalue weighted by Crippen LogP contribution is -3.15. The van der Waals surface area contributed by atoms with Crippen LogP contribution >= 0.6 is 0 Å². The Morgan fingerprint density at radius 1 is 1.30 bits per heavy atom. The number of carbonyl (C=O) groups is 2. The summed E-state index contributed by atoms with van der Waals surface area (Å²) >= 11 is 0. The second kappa shape index (κ2) is 9.74. The zero-order valence-electron chi connectivity index (χ0n) is 17.2. The van der Waals surface area contributed by atoms with Crippen LogP contribution in [0.3, 0.4) is 0 Å². The Hall–Kier alpha value is -2.08. The summed E-state index contributed by atoms with van der Waals surface area (Å²) in [4.78, 5) is 25.8. The predicted molar refractivity (Wildman–Crippen MR) is 107 cm³/mol. The minimum atomic E-state index is -0.287. The van der Waals surface area contributed by atoms with Crippen LogP contribution in [0.2, 0.25) is 0 Å². The van der Waals surface area contributed by atoms with E-state index in [4.69, 9.17) is 4.74 Å². The van der Waals surface area contributed by atoms with Crippen molar-refractivity contribution in [2.24, 2.45) is 11.8 Å². The van der Waals surface area contributed by atoms with Gasteiger partial charge in [0.15, 0.2) is 12.6 Å². The van der Waals surface area contributed by atoms with E-state index >= 15 is 0 Å². The molecule has 1 saturated carbocycles. The molecule has 0 saturated heterocycles. The summed E-state index contributed by atoms with van der Waals surface area (Å²) in [6, 6.07) is 7.19. The van der Waals surface area contributed by atoms with Crippen LogP contribution < -0.4 is 20.3 Å². The quantitative estimate of drug-likeness (QED) is 0.675. The second-order valence-electron chi connectivity index (χ2n) is 7.91. The summed E-state index contributed by atoms with van der Waals surface area (Å²) in [5, 5.41) is 6.07. The van der Waals surface area contributed by atoms with Gasteiger partial charge in [0.25, 0.3) is 11.8 Å².